The lowest BCUT2D eigenvalue weighted by Crippen LogP contribution is -2.39. The summed E-state index contributed by atoms with van der Waals surface area (Å²) in [5, 5.41) is 7.02. The summed E-state index contributed by atoms with van der Waals surface area (Å²) in [5.41, 5.74) is 1.14. The monoisotopic (exact) mass is 273 g/mol. The van der Waals surface area contributed by atoms with Crippen molar-refractivity contribution in [1.82, 2.24) is 24.6 Å². The molecule has 106 valence electrons. The molecule has 3 heterocycles. The van der Waals surface area contributed by atoms with Gasteiger partial charge in [-0.1, -0.05) is 0 Å². The molecule has 0 bridgehead atoms. The zero-order valence-electron chi connectivity index (χ0n) is 11.4. The van der Waals surface area contributed by atoms with E-state index in [-0.39, 0.29) is 5.91 Å². The number of aromatic amines is 1. The molecule has 2 aromatic heterocycles. The normalized spacial score (nSPS) is 19.2. The first-order valence-corrected chi connectivity index (χ1v) is 7.06. The van der Waals surface area contributed by atoms with Crippen LogP contribution in [0.5, 0.6) is 0 Å². The molecule has 1 atom stereocenters. The second kappa shape index (κ2) is 5.90. The third-order valence-electron chi connectivity index (χ3n) is 3.88. The molecule has 1 aliphatic rings. The van der Waals surface area contributed by atoms with Gasteiger partial charge in [0.05, 0.1) is 6.33 Å². The fourth-order valence-electron chi connectivity index (χ4n) is 2.75. The number of H-pyrrole nitrogens is 1. The molecule has 2 aromatic rings. The van der Waals surface area contributed by atoms with E-state index in [4.69, 9.17) is 0 Å². The van der Waals surface area contributed by atoms with Gasteiger partial charge in [0, 0.05) is 56.3 Å². The molecular formula is C14H19N5O. The van der Waals surface area contributed by atoms with E-state index < -0.39 is 0 Å². The molecule has 0 radical (unpaired) electrons. The van der Waals surface area contributed by atoms with Crippen LogP contribution in [0.25, 0.3) is 0 Å². The summed E-state index contributed by atoms with van der Waals surface area (Å²) in [6.07, 6.45) is 9.85. The minimum Gasteiger partial charge on any atom is -0.342 e. The molecule has 0 saturated carbocycles. The van der Waals surface area contributed by atoms with E-state index in [9.17, 15) is 4.79 Å². The second-order valence-corrected chi connectivity index (χ2v) is 5.24. The summed E-state index contributed by atoms with van der Waals surface area (Å²) in [4.78, 5) is 18.2. The van der Waals surface area contributed by atoms with Crippen LogP contribution in [0.1, 0.15) is 30.9 Å². The fraction of sp³-hybridized carbons (Fsp3) is 0.500. The quantitative estimate of drug-likeness (QED) is 0.915. The number of imidazole rings is 1. The minimum atomic E-state index is 0.225. The number of rotatable bonds is 4. The van der Waals surface area contributed by atoms with Crippen LogP contribution in [0.3, 0.4) is 0 Å². The van der Waals surface area contributed by atoms with E-state index in [2.05, 4.69) is 15.2 Å². The molecule has 0 aromatic carbocycles. The maximum atomic E-state index is 12.3. The Hall–Kier alpha value is -2.11. The summed E-state index contributed by atoms with van der Waals surface area (Å²) in [6, 6.07) is 2.00. The van der Waals surface area contributed by atoms with Gasteiger partial charge in [-0.05, 0) is 18.9 Å². The Bertz CT molecular complexity index is 534. The molecule has 1 saturated heterocycles. The number of aryl methyl sites for hydroxylation is 1. The third-order valence-corrected chi connectivity index (χ3v) is 3.88. The van der Waals surface area contributed by atoms with Gasteiger partial charge < -0.3 is 9.47 Å². The van der Waals surface area contributed by atoms with Crippen molar-refractivity contribution in [1.29, 1.82) is 0 Å². The predicted molar refractivity (Wildman–Crippen MR) is 74.0 cm³/mol. The predicted octanol–water partition coefficient (Wildman–Crippen LogP) is 1.40. The topological polar surface area (TPSA) is 66.8 Å². The summed E-state index contributed by atoms with van der Waals surface area (Å²) in [6.45, 7) is 2.36. The standard InChI is InChI=1S/C14H19N5O/c20-14(4-8-18-9-6-15-11-18)19-7-1-2-12(10-19)13-3-5-16-17-13/h3,5-6,9,11-12H,1-2,4,7-8,10H2,(H,16,17)/t12-/m0/s1. The molecule has 1 N–H and O–H groups in total. The lowest BCUT2D eigenvalue weighted by molar-refractivity contribution is -0.132. The Morgan fingerprint density at radius 2 is 2.40 bits per heavy atom. The Morgan fingerprint density at radius 3 is 3.15 bits per heavy atom. The van der Waals surface area contributed by atoms with Crippen molar-refractivity contribution in [3.8, 4) is 0 Å². The molecule has 3 rings (SSSR count). The van der Waals surface area contributed by atoms with E-state index in [1.807, 2.05) is 21.7 Å². The first kappa shape index (κ1) is 12.9. The van der Waals surface area contributed by atoms with Crippen LogP contribution in [0.4, 0.5) is 0 Å². The van der Waals surface area contributed by atoms with Crippen LogP contribution in [0.2, 0.25) is 0 Å². The van der Waals surface area contributed by atoms with Crippen molar-refractivity contribution >= 4 is 5.91 Å². The average Bonchev–Trinajstić information content (AvgIpc) is 3.18. The van der Waals surface area contributed by atoms with E-state index in [1.54, 1.807) is 18.7 Å². The maximum Gasteiger partial charge on any atom is 0.224 e. The summed E-state index contributed by atoms with van der Waals surface area (Å²) in [5.74, 6) is 0.617. The lowest BCUT2D eigenvalue weighted by atomic mass is 9.95. The highest BCUT2D eigenvalue weighted by atomic mass is 16.2. The Morgan fingerprint density at radius 1 is 1.45 bits per heavy atom. The summed E-state index contributed by atoms with van der Waals surface area (Å²) in [7, 11) is 0. The SMILES string of the molecule is O=C(CCn1ccnc1)N1CCC[C@H](c2ccn[nH]2)C1. The first-order valence-electron chi connectivity index (χ1n) is 7.06. The number of aromatic nitrogens is 4. The van der Waals surface area contributed by atoms with Crippen LogP contribution in [0.15, 0.2) is 31.0 Å². The molecular weight excluding hydrogens is 254 g/mol. The van der Waals surface area contributed by atoms with Crippen molar-refractivity contribution in [3.63, 3.8) is 0 Å². The number of amides is 1. The molecule has 6 nitrogen and oxygen atoms in total. The number of likely N-dealkylation sites (tertiary alicyclic amines) is 1. The van der Waals surface area contributed by atoms with Crippen molar-refractivity contribution < 1.29 is 4.79 Å². The molecule has 1 amide bonds. The van der Waals surface area contributed by atoms with Crippen LogP contribution < -0.4 is 0 Å². The molecule has 0 aliphatic carbocycles. The molecule has 0 unspecified atom stereocenters. The lowest BCUT2D eigenvalue weighted by Gasteiger charge is -2.32. The smallest absolute Gasteiger partial charge is 0.224 e. The van der Waals surface area contributed by atoms with Gasteiger partial charge in [-0.2, -0.15) is 5.10 Å². The van der Waals surface area contributed by atoms with E-state index >= 15 is 0 Å². The van der Waals surface area contributed by atoms with E-state index in [1.165, 1.54) is 0 Å². The van der Waals surface area contributed by atoms with Crippen LogP contribution in [-0.4, -0.2) is 43.6 Å². The maximum absolute atomic E-state index is 12.3. The zero-order chi connectivity index (χ0) is 13.8. The molecule has 6 heteroatoms. The first-order chi connectivity index (χ1) is 9.83. The van der Waals surface area contributed by atoms with Gasteiger partial charge in [-0.15, -0.1) is 0 Å². The van der Waals surface area contributed by atoms with E-state index in [0.29, 0.717) is 18.9 Å². The van der Waals surface area contributed by atoms with Gasteiger partial charge in [0.25, 0.3) is 0 Å². The summed E-state index contributed by atoms with van der Waals surface area (Å²) >= 11 is 0. The Balaban J connectivity index is 1.55. The number of nitrogens with zero attached hydrogens (tertiary/aromatic N) is 4. The van der Waals surface area contributed by atoms with Crippen molar-refractivity contribution in [3.05, 3.63) is 36.7 Å². The molecule has 0 spiro atoms. The van der Waals surface area contributed by atoms with Gasteiger partial charge in [-0.3, -0.25) is 9.89 Å². The van der Waals surface area contributed by atoms with Gasteiger partial charge in [0.15, 0.2) is 0 Å². The fourth-order valence-corrected chi connectivity index (χ4v) is 2.75. The third kappa shape index (κ3) is 2.89. The number of carbonyl (C=O) groups is 1. The van der Waals surface area contributed by atoms with Gasteiger partial charge in [0.2, 0.25) is 5.91 Å². The molecule has 20 heavy (non-hydrogen) atoms. The second-order valence-electron chi connectivity index (χ2n) is 5.24. The number of carbonyl (C=O) groups excluding carboxylic acids is 1. The van der Waals surface area contributed by atoms with Crippen LogP contribution in [0, 0.1) is 0 Å². The number of hydrogen-bond donors (Lipinski definition) is 1. The number of hydrogen-bond acceptors (Lipinski definition) is 3. The van der Waals surface area contributed by atoms with Crippen LogP contribution in [-0.2, 0) is 11.3 Å². The van der Waals surface area contributed by atoms with Crippen molar-refractivity contribution in [2.24, 2.45) is 0 Å². The highest BCUT2D eigenvalue weighted by Gasteiger charge is 2.25. The Kier molecular flexibility index (Phi) is 3.80. The number of piperidine rings is 1. The molecule has 1 fully saturated rings. The van der Waals surface area contributed by atoms with Crippen molar-refractivity contribution in [2.75, 3.05) is 13.1 Å². The largest absolute Gasteiger partial charge is 0.342 e. The highest BCUT2D eigenvalue weighted by molar-refractivity contribution is 5.76. The van der Waals surface area contributed by atoms with Crippen LogP contribution >= 0.6 is 0 Å². The zero-order valence-corrected chi connectivity index (χ0v) is 11.4. The number of nitrogens with one attached hydrogen (secondary N) is 1. The van der Waals surface area contributed by atoms with Crippen molar-refractivity contribution in [2.45, 2.75) is 31.7 Å². The van der Waals surface area contributed by atoms with Gasteiger partial charge in [0.1, 0.15) is 0 Å². The minimum absolute atomic E-state index is 0.225. The van der Waals surface area contributed by atoms with E-state index in [0.717, 1.165) is 31.6 Å². The molecule has 1 aliphatic heterocycles. The Labute approximate surface area is 117 Å². The van der Waals surface area contributed by atoms with Gasteiger partial charge >= 0.3 is 0 Å². The average molecular weight is 273 g/mol. The summed E-state index contributed by atoms with van der Waals surface area (Å²) < 4.78 is 1.94. The van der Waals surface area contributed by atoms with Gasteiger partial charge in [-0.25, -0.2) is 4.98 Å². The highest BCUT2D eigenvalue weighted by Crippen LogP contribution is 2.25.